The van der Waals surface area contributed by atoms with E-state index in [4.69, 9.17) is 0 Å². The summed E-state index contributed by atoms with van der Waals surface area (Å²) in [6.07, 6.45) is -8.95. The number of hydrogen-bond donors (Lipinski definition) is 1. The highest BCUT2D eigenvalue weighted by atomic mass is 32.2. The lowest BCUT2D eigenvalue weighted by molar-refractivity contribution is -0.143. The Morgan fingerprint density at radius 1 is 0.968 bits per heavy atom. The minimum Gasteiger partial charge on any atom is -0.311 e. The Morgan fingerprint density at radius 3 is 2.06 bits per heavy atom. The van der Waals surface area contributed by atoms with Gasteiger partial charge in [0.2, 0.25) is 0 Å². The molecule has 1 N–H and O–H groups in total. The van der Waals surface area contributed by atoms with E-state index in [1.165, 1.54) is 24.5 Å². The standard InChI is InChI=1S/C17H12F6N4O2S2/c1-27-9-24-25-15(27)30-14-5-3-2-4-13(14)26-31(28,29)12-7-10(16(18,19)20)6-11(8-12)17(21,22)23/h2-9,26H,1H3. The summed E-state index contributed by atoms with van der Waals surface area (Å²) < 4.78 is 107. The molecule has 0 fully saturated rings. The topological polar surface area (TPSA) is 76.9 Å². The highest BCUT2D eigenvalue weighted by Gasteiger charge is 2.38. The van der Waals surface area contributed by atoms with E-state index in [1.54, 1.807) is 17.7 Å². The third-order valence-electron chi connectivity index (χ3n) is 3.87. The lowest BCUT2D eigenvalue weighted by atomic mass is 10.1. The predicted octanol–water partition coefficient (Wildman–Crippen LogP) is 4.80. The molecule has 6 nitrogen and oxygen atoms in total. The zero-order valence-corrected chi connectivity index (χ0v) is 17.0. The van der Waals surface area contributed by atoms with Crippen LogP contribution in [0.2, 0.25) is 0 Å². The molecule has 3 aromatic rings. The van der Waals surface area contributed by atoms with Gasteiger partial charge in [0.1, 0.15) is 6.33 Å². The smallest absolute Gasteiger partial charge is 0.311 e. The minimum absolute atomic E-state index is 0.0542. The maximum atomic E-state index is 13.1. The third kappa shape index (κ3) is 5.31. The van der Waals surface area contributed by atoms with Gasteiger partial charge in [0.15, 0.2) is 5.16 Å². The SMILES string of the molecule is Cn1cnnc1Sc1ccccc1NS(=O)(=O)c1cc(C(F)(F)F)cc(C(F)(F)F)c1. The number of nitrogens with zero attached hydrogens (tertiary/aromatic N) is 3. The third-order valence-corrected chi connectivity index (χ3v) is 6.35. The molecule has 0 saturated heterocycles. The Kier molecular flexibility index (Phi) is 5.97. The summed E-state index contributed by atoms with van der Waals surface area (Å²) in [4.78, 5) is -0.863. The second kappa shape index (κ2) is 8.07. The highest BCUT2D eigenvalue weighted by Crippen LogP contribution is 2.38. The van der Waals surface area contributed by atoms with E-state index in [-0.39, 0.29) is 23.9 Å². The fraction of sp³-hybridized carbons (Fsp3) is 0.176. The lowest BCUT2D eigenvalue weighted by Gasteiger charge is -2.16. The summed E-state index contributed by atoms with van der Waals surface area (Å²) >= 11 is 1.00. The maximum absolute atomic E-state index is 13.1. The van der Waals surface area contributed by atoms with Crippen LogP contribution in [0.3, 0.4) is 0 Å². The van der Waals surface area contributed by atoms with Crippen molar-refractivity contribution >= 4 is 27.5 Å². The van der Waals surface area contributed by atoms with Gasteiger partial charge in [-0.2, -0.15) is 26.3 Å². The molecule has 0 atom stereocenters. The van der Waals surface area contributed by atoms with Gasteiger partial charge >= 0.3 is 12.4 Å². The first-order valence-corrected chi connectivity index (χ1v) is 10.5. The fourth-order valence-corrected chi connectivity index (χ4v) is 4.45. The predicted molar refractivity (Wildman–Crippen MR) is 98.8 cm³/mol. The number of alkyl halides is 6. The molecule has 0 aliphatic carbocycles. The molecular formula is C17H12F6N4O2S2. The summed E-state index contributed by atoms with van der Waals surface area (Å²) in [5.41, 5.74) is -3.52. The quantitative estimate of drug-likeness (QED) is 0.529. The van der Waals surface area contributed by atoms with Crippen LogP contribution in [0.1, 0.15) is 11.1 Å². The molecule has 1 heterocycles. The normalized spacial score (nSPS) is 12.7. The average molecular weight is 482 g/mol. The second-order valence-corrected chi connectivity index (χ2v) is 8.86. The summed E-state index contributed by atoms with van der Waals surface area (Å²) in [7, 11) is -3.16. The Hall–Kier alpha value is -2.74. The number of nitrogens with one attached hydrogen (secondary N) is 1. The number of sulfonamides is 1. The first-order chi connectivity index (χ1) is 14.3. The van der Waals surface area contributed by atoms with Gasteiger partial charge in [-0.05, 0) is 42.1 Å². The van der Waals surface area contributed by atoms with Crippen molar-refractivity contribution in [2.45, 2.75) is 27.3 Å². The molecule has 0 radical (unpaired) electrons. The summed E-state index contributed by atoms with van der Waals surface area (Å²) in [5.74, 6) is 0. The Balaban J connectivity index is 2.03. The molecule has 3 rings (SSSR count). The van der Waals surface area contributed by atoms with Gasteiger partial charge < -0.3 is 4.57 Å². The molecule has 0 bridgehead atoms. The van der Waals surface area contributed by atoms with E-state index in [1.807, 2.05) is 0 Å². The number of aryl methyl sites for hydroxylation is 1. The van der Waals surface area contributed by atoms with Crippen LogP contribution in [0.25, 0.3) is 0 Å². The van der Waals surface area contributed by atoms with Crippen molar-refractivity contribution < 1.29 is 34.8 Å². The van der Waals surface area contributed by atoms with E-state index in [0.717, 1.165) is 11.8 Å². The van der Waals surface area contributed by atoms with E-state index in [2.05, 4.69) is 14.9 Å². The van der Waals surface area contributed by atoms with E-state index in [0.29, 0.717) is 10.1 Å². The number of hydrogen-bond acceptors (Lipinski definition) is 5. The van der Waals surface area contributed by atoms with Crippen molar-refractivity contribution in [3.05, 3.63) is 59.9 Å². The number of halogens is 6. The molecule has 31 heavy (non-hydrogen) atoms. The number of aromatic nitrogens is 3. The van der Waals surface area contributed by atoms with Gasteiger partial charge in [0.05, 0.1) is 21.7 Å². The van der Waals surface area contributed by atoms with Gasteiger partial charge in [0.25, 0.3) is 10.0 Å². The second-order valence-electron chi connectivity index (χ2n) is 6.17. The molecule has 1 aromatic heterocycles. The number of rotatable bonds is 5. The first-order valence-electron chi connectivity index (χ1n) is 8.20. The molecule has 0 aliphatic heterocycles. The molecule has 0 spiro atoms. The van der Waals surface area contributed by atoms with Crippen molar-refractivity contribution in [1.29, 1.82) is 0 Å². The van der Waals surface area contributed by atoms with Gasteiger partial charge in [-0.15, -0.1) is 10.2 Å². The van der Waals surface area contributed by atoms with Crippen molar-refractivity contribution in [3.63, 3.8) is 0 Å². The van der Waals surface area contributed by atoms with Crippen LogP contribution in [0, 0.1) is 0 Å². The zero-order chi connectivity index (χ0) is 23.0. The van der Waals surface area contributed by atoms with E-state index in [9.17, 15) is 34.8 Å². The summed E-state index contributed by atoms with van der Waals surface area (Å²) in [5, 5.41) is 7.89. The van der Waals surface area contributed by atoms with Crippen LogP contribution in [0.15, 0.2) is 63.7 Å². The molecule has 0 unspecified atom stereocenters. The average Bonchev–Trinajstić information content (AvgIpc) is 3.06. The van der Waals surface area contributed by atoms with E-state index >= 15 is 0 Å². The van der Waals surface area contributed by atoms with Crippen molar-refractivity contribution in [1.82, 2.24) is 14.8 Å². The van der Waals surface area contributed by atoms with Gasteiger partial charge in [-0.3, -0.25) is 4.72 Å². The zero-order valence-electron chi connectivity index (χ0n) is 15.4. The molecule has 0 saturated carbocycles. The highest BCUT2D eigenvalue weighted by molar-refractivity contribution is 7.99. The number of para-hydroxylation sites is 1. The Morgan fingerprint density at radius 2 is 1.55 bits per heavy atom. The van der Waals surface area contributed by atoms with Crippen molar-refractivity contribution in [2.24, 2.45) is 7.05 Å². The summed E-state index contributed by atoms with van der Waals surface area (Å²) in [6.45, 7) is 0. The molecule has 2 aromatic carbocycles. The molecular weight excluding hydrogens is 470 g/mol. The van der Waals surface area contributed by atoms with Gasteiger partial charge in [-0.25, -0.2) is 8.42 Å². The van der Waals surface area contributed by atoms with Crippen LogP contribution < -0.4 is 4.72 Å². The van der Waals surface area contributed by atoms with Crippen LogP contribution >= 0.6 is 11.8 Å². The first kappa shape index (κ1) is 22.9. The molecule has 0 amide bonds. The van der Waals surface area contributed by atoms with Crippen LogP contribution in [-0.2, 0) is 29.4 Å². The van der Waals surface area contributed by atoms with Crippen molar-refractivity contribution in [3.8, 4) is 0 Å². The largest absolute Gasteiger partial charge is 0.416 e. The van der Waals surface area contributed by atoms with Crippen LogP contribution in [-0.4, -0.2) is 23.2 Å². The summed E-state index contributed by atoms with van der Waals surface area (Å²) in [6, 6.07) is 6.00. The van der Waals surface area contributed by atoms with Crippen LogP contribution in [0.4, 0.5) is 32.0 Å². The number of benzene rings is 2. The minimum atomic E-state index is -5.18. The lowest BCUT2D eigenvalue weighted by Crippen LogP contribution is -2.17. The van der Waals surface area contributed by atoms with Crippen LogP contribution in [0.5, 0.6) is 0 Å². The molecule has 14 heteroatoms. The maximum Gasteiger partial charge on any atom is 0.416 e. The monoisotopic (exact) mass is 482 g/mol. The van der Waals surface area contributed by atoms with Gasteiger partial charge in [0, 0.05) is 11.9 Å². The van der Waals surface area contributed by atoms with E-state index < -0.39 is 38.4 Å². The molecule has 0 aliphatic rings. The number of anilines is 1. The molecule has 166 valence electrons. The van der Waals surface area contributed by atoms with Gasteiger partial charge in [-0.1, -0.05) is 12.1 Å². The Labute approximate surface area is 176 Å². The van der Waals surface area contributed by atoms with Crippen molar-refractivity contribution in [2.75, 3.05) is 4.72 Å². The Bertz CT molecular complexity index is 1170. The fourth-order valence-electron chi connectivity index (χ4n) is 2.39.